The van der Waals surface area contributed by atoms with Crippen LogP contribution in [0.15, 0.2) is 36.7 Å². The van der Waals surface area contributed by atoms with Gasteiger partial charge in [-0.2, -0.15) is 0 Å². The molecule has 0 unspecified atom stereocenters. The maximum atomic E-state index is 9.52. The fourth-order valence-electron chi connectivity index (χ4n) is 0.583. The van der Waals surface area contributed by atoms with Crippen LogP contribution in [0.3, 0.4) is 0 Å². The summed E-state index contributed by atoms with van der Waals surface area (Å²) in [6.45, 7) is 7.09. The van der Waals surface area contributed by atoms with Crippen LogP contribution in [0.1, 0.15) is 4.88 Å². The predicted molar refractivity (Wildman–Crippen MR) is 59.2 cm³/mol. The molecule has 0 saturated carbocycles. The van der Waals surface area contributed by atoms with Crippen molar-refractivity contribution in [1.82, 2.24) is 5.06 Å². The van der Waals surface area contributed by atoms with E-state index in [-0.39, 0.29) is 6.54 Å². The highest BCUT2D eigenvalue weighted by atomic mass is 32.1. The molecule has 0 spiro atoms. The Bertz CT molecular complexity index is 270. The van der Waals surface area contributed by atoms with Crippen LogP contribution in [0.4, 0.5) is 0 Å². The molecule has 0 aliphatic heterocycles. The number of thiophene rings is 1. The summed E-state index contributed by atoms with van der Waals surface area (Å²) in [5.74, 6) is 0. The Morgan fingerprint density at radius 1 is 1.57 bits per heavy atom. The van der Waals surface area contributed by atoms with Gasteiger partial charge in [0.2, 0.25) is 6.41 Å². The lowest BCUT2D eigenvalue weighted by Gasteiger charge is -2.00. The molecule has 1 rings (SSSR count). The van der Waals surface area contributed by atoms with Crippen molar-refractivity contribution < 1.29 is 10.0 Å². The van der Waals surface area contributed by atoms with Gasteiger partial charge in [0.1, 0.15) is 0 Å². The van der Waals surface area contributed by atoms with Crippen molar-refractivity contribution in [2.45, 2.75) is 0 Å². The molecule has 0 atom stereocenters. The highest BCUT2D eigenvalue weighted by Gasteiger charge is 1.84. The molecule has 14 heavy (non-hydrogen) atoms. The van der Waals surface area contributed by atoms with Gasteiger partial charge in [-0.3, -0.25) is 10.0 Å². The third-order valence-corrected chi connectivity index (χ3v) is 2.05. The molecule has 0 aromatic carbocycles. The number of carbonyl (C=O) groups is 1. The Hall–Kier alpha value is -1.39. The minimum atomic E-state index is 0.184. The number of amides is 1. The van der Waals surface area contributed by atoms with Crippen molar-refractivity contribution in [2.75, 3.05) is 6.54 Å². The molecule has 4 heteroatoms. The molecule has 1 aromatic heterocycles. The van der Waals surface area contributed by atoms with Gasteiger partial charge in [0.15, 0.2) is 0 Å². The molecule has 3 nitrogen and oxygen atoms in total. The Morgan fingerprint density at radius 2 is 2.29 bits per heavy atom. The molecule has 1 aromatic rings. The maximum Gasteiger partial charge on any atom is 0.233 e. The molecule has 76 valence electrons. The first kappa shape index (κ1) is 12.6. The van der Waals surface area contributed by atoms with Crippen molar-refractivity contribution in [1.29, 1.82) is 0 Å². The van der Waals surface area contributed by atoms with E-state index in [0.717, 1.165) is 0 Å². The molecule has 0 aliphatic carbocycles. The van der Waals surface area contributed by atoms with Crippen LogP contribution in [0.2, 0.25) is 0 Å². The van der Waals surface area contributed by atoms with Gasteiger partial charge in [0.05, 0.1) is 6.54 Å². The lowest BCUT2D eigenvalue weighted by molar-refractivity contribution is -0.147. The third-order valence-electron chi connectivity index (χ3n) is 1.18. The number of carbonyl (C=O) groups excluding carboxylic acids is 1. The SMILES string of the molecule is C=CCN(O)C=O.C=Cc1cccs1. The average molecular weight is 211 g/mol. The van der Waals surface area contributed by atoms with Crippen molar-refractivity contribution in [3.05, 3.63) is 41.6 Å². The van der Waals surface area contributed by atoms with Crippen LogP contribution in [0.5, 0.6) is 0 Å². The van der Waals surface area contributed by atoms with Crippen LogP contribution in [-0.2, 0) is 4.79 Å². The molecule has 0 radical (unpaired) electrons. The van der Waals surface area contributed by atoms with E-state index in [1.165, 1.54) is 11.0 Å². The van der Waals surface area contributed by atoms with Crippen molar-refractivity contribution >= 4 is 23.8 Å². The number of hydroxylamine groups is 2. The normalized spacial score (nSPS) is 8.07. The standard InChI is InChI=1S/C6H6S.C4H7NO2/c1-2-6-4-3-5-7-6;1-2-3-5(7)4-6/h2-5H,1H2;2,4,7H,1,3H2. The van der Waals surface area contributed by atoms with Crippen LogP contribution in [-0.4, -0.2) is 23.2 Å². The summed E-state index contributed by atoms with van der Waals surface area (Å²) >= 11 is 1.70. The van der Waals surface area contributed by atoms with Crippen LogP contribution < -0.4 is 0 Å². The van der Waals surface area contributed by atoms with E-state index in [4.69, 9.17) is 5.21 Å². The topological polar surface area (TPSA) is 40.5 Å². The second-order valence-electron chi connectivity index (χ2n) is 2.24. The summed E-state index contributed by atoms with van der Waals surface area (Å²) in [5, 5.41) is 10.8. The molecular weight excluding hydrogens is 198 g/mol. The van der Waals surface area contributed by atoms with Crippen molar-refractivity contribution in [3.8, 4) is 0 Å². The van der Waals surface area contributed by atoms with Gasteiger partial charge in [-0.15, -0.1) is 17.9 Å². The molecule has 1 amide bonds. The number of hydrogen-bond acceptors (Lipinski definition) is 3. The van der Waals surface area contributed by atoms with Gasteiger partial charge in [-0.25, -0.2) is 5.06 Å². The summed E-state index contributed by atoms with van der Waals surface area (Å²) in [4.78, 5) is 10.8. The first-order valence-corrected chi connectivity index (χ1v) is 4.80. The van der Waals surface area contributed by atoms with Gasteiger partial charge in [-0.05, 0) is 11.4 Å². The quantitative estimate of drug-likeness (QED) is 0.359. The fraction of sp³-hybridized carbons (Fsp3) is 0.100. The van der Waals surface area contributed by atoms with Gasteiger partial charge in [0, 0.05) is 4.88 Å². The van der Waals surface area contributed by atoms with E-state index >= 15 is 0 Å². The predicted octanol–water partition coefficient (Wildman–Crippen LogP) is 2.41. The van der Waals surface area contributed by atoms with Gasteiger partial charge >= 0.3 is 0 Å². The molecule has 0 saturated heterocycles. The van der Waals surface area contributed by atoms with Crippen molar-refractivity contribution in [3.63, 3.8) is 0 Å². The smallest absolute Gasteiger partial charge is 0.233 e. The lowest BCUT2D eigenvalue weighted by Crippen LogP contribution is -2.15. The number of nitrogens with zero attached hydrogens (tertiary/aromatic N) is 1. The van der Waals surface area contributed by atoms with Gasteiger partial charge in [-0.1, -0.05) is 24.8 Å². The summed E-state index contributed by atoms with van der Waals surface area (Å²) < 4.78 is 0. The zero-order chi connectivity index (χ0) is 10.8. The first-order chi connectivity index (χ1) is 6.74. The van der Waals surface area contributed by atoms with E-state index in [9.17, 15) is 4.79 Å². The first-order valence-electron chi connectivity index (χ1n) is 3.92. The zero-order valence-electron chi connectivity index (χ0n) is 7.80. The van der Waals surface area contributed by atoms with Crippen LogP contribution >= 0.6 is 11.3 Å². The second-order valence-corrected chi connectivity index (χ2v) is 3.21. The highest BCUT2D eigenvalue weighted by Crippen LogP contribution is 2.07. The summed E-state index contributed by atoms with van der Waals surface area (Å²) in [5.41, 5.74) is 0. The van der Waals surface area contributed by atoms with E-state index in [2.05, 4.69) is 13.2 Å². The minimum absolute atomic E-state index is 0.184. The largest absolute Gasteiger partial charge is 0.286 e. The third kappa shape index (κ3) is 6.16. The molecule has 1 N–H and O–H groups in total. The van der Waals surface area contributed by atoms with E-state index < -0.39 is 0 Å². The summed E-state index contributed by atoms with van der Waals surface area (Å²) in [6.07, 6.45) is 3.60. The molecule has 0 aliphatic rings. The van der Waals surface area contributed by atoms with Crippen LogP contribution in [0.25, 0.3) is 6.08 Å². The Kier molecular flexibility index (Phi) is 7.40. The second kappa shape index (κ2) is 8.22. The van der Waals surface area contributed by atoms with E-state index in [1.54, 1.807) is 11.3 Å². The van der Waals surface area contributed by atoms with Gasteiger partial charge in [0.25, 0.3) is 0 Å². The average Bonchev–Trinajstić information content (AvgIpc) is 2.71. The molecule has 0 fully saturated rings. The monoisotopic (exact) mass is 211 g/mol. The van der Waals surface area contributed by atoms with Crippen molar-refractivity contribution in [2.24, 2.45) is 0 Å². The Labute approximate surface area is 87.6 Å². The highest BCUT2D eigenvalue weighted by molar-refractivity contribution is 7.10. The number of hydrogen-bond donors (Lipinski definition) is 1. The van der Waals surface area contributed by atoms with E-state index in [0.29, 0.717) is 11.5 Å². The molecular formula is C10H13NO2S. The zero-order valence-corrected chi connectivity index (χ0v) is 8.61. The fourth-order valence-corrected chi connectivity index (χ4v) is 1.15. The van der Waals surface area contributed by atoms with E-state index in [1.807, 2.05) is 23.6 Å². The van der Waals surface area contributed by atoms with Gasteiger partial charge < -0.3 is 0 Å². The summed E-state index contributed by atoms with van der Waals surface area (Å²) in [7, 11) is 0. The minimum Gasteiger partial charge on any atom is -0.286 e. The summed E-state index contributed by atoms with van der Waals surface area (Å²) in [6, 6.07) is 4.05. The Balaban J connectivity index is 0.000000241. The number of rotatable bonds is 4. The molecule has 1 heterocycles. The maximum absolute atomic E-state index is 9.52. The van der Waals surface area contributed by atoms with Crippen LogP contribution in [0, 0.1) is 0 Å². The Morgan fingerprint density at radius 3 is 2.50 bits per heavy atom. The molecule has 0 bridgehead atoms. The lowest BCUT2D eigenvalue weighted by atomic mass is 10.5.